The van der Waals surface area contributed by atoms with Crippen LogP contribution in [0.5, 0.6) is 0 Å². The summed E-state index contributed by atoms with van der Waals surface area (Å²) in [6.45, 7) is 6.31. The normalized spacial score (nSPS) is 13.6. The third-order valence-corrected chi connectivity index (χ3v) is 4.66. The Morgan fingerprint density at radius 1 is 1.29 bits per heavy atom. The first-order valence-electron chi connectivity index (χ1n) is 5.95. The molecule has 1 aromatic carbocycles. The van der Waals surface area contributed by atoms with E-state index in [0.717, 1.165) is 0 Å². The molecule has 1 aromatic rings. The second-order valence-corrected chi connectivity index (χ2v) is 6.74. The summed E-state index contributed by atoms with van der Waals surface area (Å²) < 4.78 is 22.7. The summed E-state index contributed by atoms with van der Waals surface area (Å²) in [5.41, 5.74) is 2.45. The molecule has 0 aromatic heterocycles. The van der Waals surface area contributed by atoms with Crippen molar-refractivity contribution in [1.82, 2.24) is 5.32 Å². The van der Waals surface area contributed by atoms with Gasteiger partial charge in [0.25, 0.3) is 0 Å². The molecule has 96 valence electrons. The molecule has 4 heteroatoms. The van der Waals surface area contributed by atoms with E-state index in [4.69, 9.17) is 0 Å². The summed E-state index contributed by atoms with van der Waals surface area (Å²) in [5.74, 6) is 0.424. The molecule has 0 amide bonds. The summed E-state index contributed by atoms with van der Waals surface area (Å²) in [4.78, 5) is 0. The van der Waals surface area contributed by atoms with E-state index in [-0.39, 0.29) is 17.5 Å². The molecule has 0 saturated heterocycles. The molecule has 0 fully saturated rings. The molecule has 0 aliphatic carbocycles. The summed E-state index contributed by atoms with van der Waals surface area (Å²) in [7, 11) is -2.87. The highest BCUT2D eigenvalue weighted by Gasteiger charge is 2.10. The van der Waals surface area contributed by atoms with Gasteiger partial charge in [-0.15, -0.1) is 0 Å². The van der Waals surface area contributed by atoms with Gasteiger partial charge in [-0.25, -0.2) is 8.42 Å². The molecule has 17 heavy (non-hydrogen) atoms. The number of hydrogen-bond donors (Lipinski definition) is 1. The van der Waals surface area contributed by atoms with Crippen LogP contribution in [0, 0.1) is 6.92 Å². The first-order valence-corrected chi connectivity index (χ1v) is 7.77. The molecule has 0 saturated carbocycles. The maximum atomic E-state index is 11.3. The van der Waals surface area contributed by atoms with Crippen molar-refractivity contribution in [3.05, 3.63) is 35.4 Å². The number of rotatable bonds is 6. The second kappa shape index (κ2) is 6.17. The van der Waals surface area contributed by atoms with Crippen molar-refractivity contribution in [3.63, 3.8) is 0 Å². The van der Waals surface area contributed by atoms with E-state index in [1.165, 1.54) is 11.1 Å². The smallest absolute Gasteiger partial charge is 0.151 e. The lowest BCUT2D eigenvalue weighted by Gasteiger charge is -2.16. The van der Waals surface area contributed by atoms with Gasteiger partial charge in [-0.05, 0) is 25.0 Å². The zero-order valence-electron chi connectivity index (χ0n) is 10.7. The van der Waals surface area contributed by atoms with E-state index in [2.05, 4.69) is 31.3 Å². The van der Waals surface area contributed by atoms with Crippen LogP contribution in [-0.4, -0.2) is 26.5 Å². The first-order chi connectivity index (χ1) is 7.96. The van der Waals surface area contributed by atoms with Gasteiger partial charge < -0.3 is 5.32 Å². The molecule has 0 aliphatic heterocycles. The molecule has 0 heterocycles. The van der Waals surface area contributed by atoms with Crippen LogP contribution in [0.25, 0.3) is 0 Å². The average molecular weight is 255 g/mol. The summed E-state index contributed by atoms with van der Waals surface area (Å²) >= 11 is 0. The highest BCUT2D eigenvalue weighted by Crippen LogP contribution is 2.16. The van der Waals surface area contributed by atoms with Gasteiger partial charge in [-0.1, -0.05) is 31.2 Å². The highest BCUT2D eigenvalue weighted by molar-refractivity contribution is 7.91. The Kier molecular flexibility index (Phi) is 5.15. The van der Waals surface area contributed by atoms with Crippen molar-refractivity contribution >= 4 is 9.84 Å². The van der Waals surface area contributed by atoms with Crippen molar-refractivity contribution in [2.24, 2.45) is 0 Å². The molecule has 1 atom stereocenters. The van der Waals surface area contributed by atoms with Crippen LogP contribution >= 0.6 is 0 Å². The van der Waals surface area contributed by atoms with Crippen molar-refractivity contribution < 1.29 is 8.42 Å². The van der Waals surface area contributed by atoms with Gasteiger partial charge in [-0.2, -0.15) is 0 Å². The quantitative estimate of drug-likeness (QED) is 0.846. The lowest BCUT2D eigenvalue weighted by Crippen LogP contribution is -2.26. The molecule has 0 unspecified atom stereocenters. The van der Waals surface area contributed by atoms with E-state index in [0.29, 0.717) is 6.54 Å². The Hall–Kier alpha value is -0.870. The molecule has 1 rings (SSSR count). The monoisotopic (exact) mass is 255 g/mol. The van der Waals surface area contributed by atoms with Gasteiger partial charge in [0.2, 0.25) is 0 Å². The van der Waals surface area contributed by atoms with Gasteiger partial charge in [0.1, 0.15) is 0 Å². The van der Waals surface area contributed by atoms with Gasteiger partial charge >= 0.3 is 0 Å². The molecule has 0 aliphatic rings. The van der Waals surface area contributed by atoms with Crippen molar-refractivity contribution in [2.75, 3.05) is 18.1 Å². The minimum Gasteiger partial charge on any atom is -0.309 e. The number of sulfone groups is 1. The maximum Gasteiger partial charge on any atom is 0.151 e. The molecule has 0 radical (unpaired) electrons. The summed E-state index contributed by atoms with van der Waals surface area (Å²) in [6, 6.07) is 8.33. The van der Waals surface area contributed by atoms with E-state index in [1.54, 1.807) is 6.92 Å². The number of hydrogen-bond acceptors (Lipinski definition) is 3. The van der Waals surface area contributed by atoms with Crippen molar-refractivity contribution in [3.8, 4) is 0 Å². The maximum absolute atomic E-state index is 11.3. The van der Waals surface area contributed by atoms with E-state index >= 15 is 0 Å². The molecular formula is C13H21NO2S. The highest BCUT2D eigenvalue weighted by atomic mass is 32.2. The fraction of sp³-hybridized carbons (Fsp3) is 0.538. The van der Waals surface area contributed by atoms with Gasteiger partial charge in [0.15, 0.2) is 9.84 Å². The standard InChI is InChI=1S/C13H21NO2S/c1-4-17(15,16)10-9-14-12(3)13-8-6-5-7-11(13)2/h5-8,12,14H,4,9-10H2,1-3H3/t12-/m0/s1. The van der Waals surface area contributed by atoms with E-state index in [9.17, 15) is 8.42 Å². The first kappa shape index (κ1) is 14.2. The van der Waals surface area contributed by atoms with Crippen LogP contribution < -0.4 is 5.32 Å². The van der Waals surface area contributed by atoms with Gasteiger partial charge in [-0.3, -0.25) is 0 Å². The van der Waals surface area contributed by atoms with Crippen LogP contribution in [0.1, 0.15) is 31.0 Å². The predicted molar refractivity (Wildman–Crippen MR) is 71.9 cm³/mol. The second-order valence-electron chi connectivity index (χ2n) is 4.27. The zero-order chi connectivity index (χ0) is 12.9. The van der Waals surface area contributed by atoms with Crippen LogP contribution in [0.4, 0.5) is 0 Å². The zero-order valence-corrected chi connectivity index (χ0v) is 11.5. The van der Waals surface area contributed by atoms with Crippen LogP contribution in [0.3, 0.4) is 0 Å². The van der Waals surface area contributed by atoms with Gasteiger partial charge in [0, 0.05) is 18.3 Å². The lowest BCUT2D eigenvalue weighted by molar-refractivity contribution is 0.572. The molecule has 3 nitrogen and oxygen atoms in total. The Bertz CT molecular complexity index is 454. The minimum atomic E-state index is -2.87. The Balaban J connectivity index is 2.51. The number of nitrogens with one attached hydrogen (secondary N) is 1. The molecule has 0 spiro atoms. The molecule has 0 bridgehead atoms. The van der Waals surface area contributed by atoms with Crippen LogP contribution in [0.15, 0.2) is 24.3 Å². The van der Waals surface area contributed by atoms with E-state index < -0.39 is 9.84 Å². The fourth-order valence-corrected chi connectivity index (χ4v) is 2.48. The predicted octanol–water partition coefficient (Wildman–Crippen LogP) is 2.08. The molecule has 1 N–H and O–H groups in total. The van der Waals surface area contributed by atoms with Gasteiger partial charge in [0.05, 0.1) is 5.75 Å². The SMILES string of the molecule is CCS(=O)(=O)CCN[C@@H](C)c1ccccc1C. The largest absolute Gasteiger partial charge is 0.309 e. The van der Waals surface area contributed by atoms with Crippen molar-refractivity contribution in [2.45, 2.75) is 26.8 Å². The van der Waals surface area contributed by atoms with Crippen LogP contribution in [-0.2, 0) is 9.84 Å². The Labute approximate surface area is 104 Å². The Morgan fingerprint density at radius 3 is 2.53 bits per heavy atom. The fourth-order valence-electron chi connectivity index (χ4n) is 1.76. The van der Waals surface area contributed by atoms with Crippen molar-refractivity contribution in [1.29, 1.82) is 0 Å². The third-order valence-electron chi connectivity index (χ3n) is 2.96. The van der Waals surface area contributed by atoms with Crippen LogP contribution in [0.2, 0.25) is 0 Å². The summed E-state index contributed by atoms with van der Waals surface area (Å²) in [6.07, 6.45) is 0. The lowest BCUT2D eigenvalue weighted by atomic mass is 10.0. The minimum absolute atomic E-state index is 0.184. The number of aryl methyl sites for hydroxylation is 1. The van der Waals surface area contributed by atoms with E-state index in [1.807, 2.05) is 12.1 Å². The third kappa shape index (κ3) is 4.48. The number of benzene rings is 1. The molecular weight excluding hydrogens is 234 g/mol. The topological polar surface area (TPSA) is 46.2 Å². The average Bonchev–Trinajstić information content (AvgIpc) is 2.29. The Morgan fingerprint density at radius 2 is 1.94 bits per heavy atom. The summed E-state index contributed by atoms with van der Waals surface area (Å²) in [5, 5.41) is 3.25.